The zero-order chi connectivity index (χ0) is 10.8. The Morgan fingerprint density at radius 3 is 2.71 bits per heavy atom. The summed E-state index contributed by atoms with van der Waals surface area (Å²) in [5, 5.41) is -0.723. The summed E-state index contributed by atoms with van der Waals surface area (Å²) in [6, 6.07) is 0. The number of hydrogen-bond donors (Lipinski definition) is 0. The summed E-state index contributed by atoms with van der Waals surface area (Å²) in [7, 11) is 0. The van der Waals surface area contributed by atoms with Gasteiger partial charge in [-0.3, -0.25) is 4.79 Å². The summed E-state index contributed by atoms with van der Waals surface area (Å²) in [6.45, 7) is 1.81. The van der Waals surface area contributed by atoms with Crippen LogP contribution in [0, 0.1) is 5.92 Å². The Bertz CT molecular complexity index is 265. The van der Waals surface area contributed by atoms with Crippen LogP contribution in [0.5, 0.6) is 0 Å². The Kier molecular flexibility index (Phi) is 3.31. The van der Waals surface area contributed by atoms with Crippen molar-refractivity contribution in [2.24, 2.45) is 5.92 Å². The van der Waals surface area contributed by atoms with Gasteiger partial charge in [0.2, 0.25) is 5.24 Å². The Hall–Kier alpha value is -0.840. The molecule has 14 heavy (non-hydrogen) atoms. The van der Waals surface area contributed by atoms with E-state index in [1.165, 1.54) is 0 Å². The number of allylic oxidation sites excluding steroid dienone is 1. The van der Waals surface area contributed by atoms with Gasteiger partial charge in [-0.1, -0.05) is 13.3 Å². The molecule has 0 N–H and O–H groups in total. The average molecular weight is 227 g/mol. The number of ether oxygens (including phenoxy) is 2. The summed E-state index contributed by atoms with van der Waals surface area (Å²) >= 11 is 5.24. The molecule has 0 aliphatic carbocycles. The smallest absolute Gasteiger partial charge is 0.404 e. The SMILES string of the molecule is CCCC(C(=O)Cl)C1=COC(F)(F)O1. The van der Waals surface area contributed by atoms with E-state index in [0.717, 1.165) is 6.26 Å². The van der Waals surface area contributed by atoms with E-state index >= 15 is 0 Å². The van der Waals surface area contributed by atoms with Crippen LogP contribution in [0.15, 0.2) is 12.0 Å². The fourth-order valence-electron chi connectivity index (χ4n) is 1.12. The first-order valence-electron chi connectivity index (χ1n) is 4.10. The summed E-state index contributed by atoms with van der Waals surface area (Å²) < 4.78 is 32.8. The fraction of sp³-hybridized carbons (Fsp3) is 0.625. The fourth-order valence-corrected chi connectivity index (χ4v) is 1.34. The van der Waals surface area contributed by atoms with E-state index in [4.69, 9.17) is 11.6 Å². The van der Waals surface area contributed by atoms with E-state index in [0.29, 0.717) is 12.8 Å². The molecule has 3 nitrogen and oxygen atoms in total. The molecule has 0 bridgehead atoms. The Labute approximate surface area is 84.6 Å². The van der Waals surface area contributed by atoms with Crippen LogP contribution in [-0.2, 0) is 14.3 Å². The van der Waals surface area contributed by atoms with E-state index in [1.807, 2.05) is 0 Å². The molecule has 0 saturated heterocycles. The largest absolute Gasteiger partial charge is 0.585 e. The molecule has 0 amide bonds. The van der Waals surface area contributed by atoms with Gasteiger partial charge in [0.25, 0.3) is 0 Å². The number of carbonyl (C=O) groups excluding carboxylic acids is 1. The topological polar surface area (TPSA) is 35.5 Å². The van der Waals surface area contributed by atoms with Crippen molar-refractivity contribution in [3.8, 4) is 0 Å². The Balaban J connectivity index is 2.67. The molecule has 0 spiro atoms. The van der Waals surface area contributed by atoms with E-state index in [-0.39, 0.29) is 5.76 Å². The predicted octanol–water partition coefficient (Wildman–Crippen LogP) is 2.61. The molecule has 0 radical (unpaired) electrons. The molecule has 0 saturated carbocycles. The molecule has 1 aliphatic rings. The van der Waals surface area contributed by atoms with Crippen molar-refractivity contribution in [1.82, 2.24) is 0 Å². The standard InChI is InChI=1S/C8H9ClF2O3/c1-2-3-5(7(9)12)6-4-13-8(10,11)14-6/h4-5H,2-3H2,1H3. The number of rotatable bonds is 4. The Morgan fingerprint density at radius 1 is 1.71 bits per heavy atom. The van der Waals surface area contributed by atoms with Crippen LogP contribution in [0.1, 0.15) is 19.8 Å². The van der Waals surface area contributed by atoms with E-state index in [9.17, 15) is 13.6 Å². The van der Waals surface area contributed by atoms with Gasteiger partial charge in [-0.15, -0.1) is 8.78 Å². The summed E-state index contributed by atoms with van der Waals surface area (Å²) in [6.07, 6.45) is -1.95. The molecule has 0 fully saturated rings. The highest BCUT2D eigenvalue weighted by Crippen LogP contribution is 2.34. The first-order chi connectivity index (χ1) is 6.46. The molecule has 1 aliphatic heterocycles. The van der Waals surface area contributed by atoms with Crippen LogP contribution in [0.2, 0.25) is 0 Å². The maximum atomic E-state index is 12.4. The van der Waals surface area contributed by atoms with Gasteiger partial charge in [0.15, 0.2) is 5.76 Å². The highest BCUT2D eigenvalue weighted by molar-refractivity contribution is 6.64. The molecule has 1 unspecified atom stereocenters. The lowest BCUT2D eigenvalue weighted by Crippen LogP contribution is -2.20. The van der Waals surface area contributed by atoms with Crippen molar-refractivity contribution < 1.29 is 23.0 Å². The third-order valence-corrected chi connectivity index (χ3v) is 2.01. The second-order valence-corrected chi connectivity index (χ2v) is 3.22. The average Bonchev–Trinajstić information content (AvgIpc) is 2.41. The van der Waals surface area contributed by atoms with Crippen molar-refractivity contribution in [2.75, 3.05) is 0 Å². The first kappa shape index (κ1) is 11.2. The van der Waals surface area contributed by atoms with Crippen molar-refractivity contribution in [3.63, 3.8) is 0 Å². The summed E-state index contributed by atoms with van der Waals surface area (Å²) in [4.78, 5) is 10.9. The third kappa shape index (κ3) is 2.57. The van der Waals surface area contributed by atoms with Gasteiger partial charge in [0, 0.05) is 0 Å². The number of hydrogen-bond acceptors (Lipinski definition) is 3. The lowest BCUT2D eigenvalue weighted by atomic mass is 10.0. The zero-order valence-electron chi connectivity index (χ0n) is 7.43. The molecule has 6 heteroatoms. The van der Waals surface area contributed by atoms with Crippen LogP contribution in [0.25, 0.3) is 0 Å². The van der Waals surface area contributed by atoms with Crippen LogP contribution < -0.4 is 0 Å². The second kappa shape index (κ2) is 4.13. The maximum absolute atomic E-state index is 12.4. The Morgan fingerprint density at radius 2 is 2.36 bits per heavy atom. The van der Waals surface area contributed by atoms with Gasteiger partial charge in [-0.05, 0) is 18.0 Å². The van der Waals surface area contributed by atoms with Gasteiger partial charge in [0.1, 0.15) is 6.26 Å². The lowest BCUT2D eigenvalue weighted by Gasteiger charge is -2.13. The van der Waals surface area contributed by atoms with Crippen molar-refractivity contribution in [2.45, 2.75) is 26.1 Å². The zero-order valence-corrected chi connectivity index (χ0v) is 8.18. The van der Waals surface area contributed by atoms with Gasteiger partial charge in [-0.25, -0.2) is 0 Å². The lowest BCUT2D eigenvalue weighted by molar-refractivity contribution is -0.335. The van der Waals surface area contributed by atoms with Crippen LogP contribution in [-0.4, -0.2) is 11.5 Å². The van der Waals surface area contributed by atoms with Gasteiger partial charge in [-0.2, -0.15) is 0 Å². The minimum Gasteiger partial charge on any atom is -0.404 e. The normalized spacial score (nSPS) is 20.7. The van der Waals surface area contributed by atoms with E-state index in [2.05, 4.69) is 9.47 Å². The highest BCUT2D eigenvalue weighted by atomic mass is 35.5. The van der Waals surface area contributed by atoms with E-state index < -0.39 is 17.5 Å². The highest BCUT2D eigenvalue weighted by Gasteiger charge is 2.43. The van der Waals surface area contributed by atoms with Gasteiger partial charge >= 0.3 is 6.29 Å². The van der Waals surface area contributed by atoms with Crippen LogP contribution >= 0.6 is 11.6 Å². The minimum absolute atomic E-state index is 0.211. The van der Waals surface area contributed by atoms with E-state index in [1.54, 1.807) is 6.92 Å². The molecular formula is C8H9ClF2O3. The van der Waals surface area contributed by atoms with Crippen LogP contribution in [0.4, 0.5) is 8.78 Å². The molecule has 0 aromatic carbocycles. The molecule has 0 aromatic rings. The predicted molar refractivity (Wildman–Crippen MR) is 44.5 cm³/mol. The summed E-state index contributed by atoms with van der Waals surface area (Å²) in [5.74, 6) is -1.06. The minimum atomic E-state index is -3.67. The first-order valence-corrected chi connectivity index (χ1v) is 4.48. The molecular weight excluding hydrogens is 218 g/mol. The molecule has 1 atom stereocenters. The molecule has 80 valence electrons. The van der Waals surface area contributed by atoms with Crippen molar-refractivity contribution >= 4 is 16.8 Å². The van der Waals surface area contributed by atoms with Crippen molar-refractivity contribution in [3.05, 3.63) is 12.0 Å². The number of alkyl halides is 2. The third-order valence-electron chi connectivity index (χ3n) is 1.74. The quantitative estimate of drug-likeness (QED) is 0.692. The van der Waals surface area contributed by atoms with Gasteiger partial charge in [0.05, 0.1) is 5.92 Å². The monoisotopic (exact) mass is 226 g/mol. The molecule has 1 rings (SSSR count). The molecule has 0 aromatic heterocycles. The second-order valence-electron chi connectivity index (χ2n) is 2.85. The number of carbonyl (C=O) groups is 1. The number of halogens is 3. The van der Waals surface area contributed by atoms with Crippen molar-refractivity contribution in [1.29, 1.82) is 0 Å². The molecule has 1 heterocycles. The maximum Gasteiger partial charge on any atom is 0.585 e. The summed E-state index contributed by atoms with van der Waals surface area (Å²) in [5.41, 5.74) is 0. The van der Waals surface area contributed by atoms with Gasteiger partial charge < -0.3 is 9.47 Å². The van der Waals surface area contributed by atoms with Crippen LogP contribution in [0.3, 0.4) is 0 Å².